The van der Waals surface area contributed by atoms with E-state index < -0.39 is 0 Å². The molecule has 126 valence electrons. The summed E-state index contributed by atoms with van der Waals surface area (Å²) in [6.07, 6.45) is 5.07. The van der Waals surface area contributed by atoms with E-state index in [0.717, 1.165) is 37.6 Å². The van der Waals surface area contributed by atoms with Crippen LogP contribution in [0.15, 0.2) is 42.7 Å². The van der Waals surface area contributed by atoms with Gasteiger partial charge in [0.25, 0.3) is 0 Å². The number of benzene rings is 1. The number of hydrogen-bond donors (Lipinski definition) is 1. The molecule has 1 amide bonds. The van der Waals surface area contributed by atoms with Crippen molar-refractivity contribution in [2.24, 2.45) is 5.92 Å². The standard InChI is InChI=1S/C18H22N4O2/c1-2-24-16-7-4-3-6-15(16)21-17(23)14-8-12-22(13-9-14)18-19-10-5-11-20-18/h3-7,10-11,14H,2,8-9,12-13H2,1H3,(H,21,23). The second kappa shape index (κ2) is 7.77. The van der Waals surface area contributed by atoms with Crippen LogP contribution in [0.1, 0.15) is 19.8 Å². The molecular formula is C18H22N4O2. The van der Waals surface area contributed by atoms with E-state index in [1.165, 1.54) is 0 Å². The van der Waals surface area contributed by atoms with Gasteiger partial charge in [0.1, 0.15) is 5.75 Å². The van der Waals surface area contributed by atoms with Gasteiger partial charge in [-0.25, -0.2) is 9.97 Å². The van der Waals surface area contributed by atoms with Gasteiger partial charge in [-0.05, 0) is 38.0 Å². The zero-order valence-corrected chi connectivity index (χ0v) is 13.8. The predicted octanol–water partition coefficient (Wildman–Crippen LogP) is 2.73. The lowest BCUT2D eigenvalue weighted by Gasteiger charge is -2.31. The van der Waals surface area contributed by atoms with Crippen molar-refractivity contribution >= 4 is 17.5 Å². The molecule has 2 heterocycles. The smallest absolute Gasteiger partial charge is 0.227 e. The molecule has 1 aromatic carbocycles. The fraction of sp³-hybridized carbons (Fsp3) is 0.389. The van der Waals surface area contributed by atoms with Crippen molar-refractivity contribution < 1.29 is 9.53 Å². The van der Waals surface area contributed by atoms with Crippen LogP contribution in [-0.2, 0) is 4.79 Å². The lowest BCUT2D eigenvalue weighted by atomic mass is 9.96. The van der Waals surface area contributed by atoms with E-state index >= 15 is 0 Å². The van der Waals surface area contributed by atoms with Crippen LogP contribution in [0.2, 0.25) is 0 Å². The number of nitrogens with one attached hydrogen (secondary N) is 1. The van der Waals surface area contributed by atoms with E-state index in [4.69, 9.17) is 4.74 Å². The number of piperidine rings is 1. The zero-order chi connectivity index (χ0) is 16.8. The van der Waals surface area contributed by atoms with Crippen LogP contribution in [-0.4, -0.2) is 35.6 Å². The number of carbonyl (C=O) groups excluding carboxylic acids is 1. The minimum Gasteiger partial charge on any atom is -0.492 e. The van der Waals surface area contributed by atoms with Gasteiger partial charge in [-0.2, -0.15) is 0 Å². The topological polar surface area (TPSA) is 67.3 Å². The van der Waals surface area contributed by atoms with E-state index in [9.17, 15) is 4.79 Å². The molecule has 1 aliphatic heterocycles. The van der Waals surface area contributed by atoms with Gasteiger partial charge in [0, 0.05) is 31.4 Å². The molecule has 24 heavy (non-hydrogen) atoms. The molecule has 0 saturated carbocycles. The predicted molar refractivity (Wildman–Crippen MR) is 93.2 cm³/mol. The van der Waals surface area contributed by atoms with Crippen molar-refractivity contribution in [1.82, 2.24) is 9.97 Å². The van der Waals surface area contributed by atoms with Crippen molar-refractivity contribution in [3.63, 3.8) is 0 Å². The summed E-state index contributed by atoms with van der Waals surface area (Å²) in [5.41, 5.74) is 0.734. The summed E-state index contributed by atoms with van der Waals surface area (Å²) in [5.74, 6) is 1.50. The molecule has 6 nitrogen and oxygen atoms in total. The number of anilines is 2. The number of ether oxygens (including phenoxy) is 1. The van der Waals surface area contributed by atoms with E-state index in [1.54, 1.807) is 18.5 Å². The Kier molecular flexibility index (Phi) is 5.25. The molecular weight excluding hydrogens is 304 g/mol. The Bertz CT molecular complexity index is 670. The van der Waals surface area contributed by atoms with Crippen molar-refractivity contribution in [3.05, 3.63) is 42.7 Å². The maximum atomic E-state index is 12.6. The van der Waals surface area contributed by atoms with Crippen LogP contribution >= 0.6 is 0 Å². The number of para-hydroxylation sites is 2. The summed E-state index contributed by atoms with van der Waals surface area (Å²) in [6, 6.07) is 9.34. The molecule has 0 radical (unpaired) electrons. The summed E-state index contributed by atoms with van der Waals surface area (Å²) in [6.45, 7) is 4.08. The van der Waals surface area contributed by atoms with Crippen molar-refractivity contribution in [2.75, 3.05) is 29.9 Å². The highest BCUT2D eigenvalue weighted by Crippen LogP contribution is 2.26. The van der Waals surface area contributed by atoms with E-state index in [1.807, 2.05) is 31.2 Å². The fourth-order valence-electron chi connectivity index (χ4n) is 2.88. The quantitative estimate of drug-likeness (QED) is 0.915. The summed E-state index contributed by atoms with van der Waals surface area (Å²) in [4.78, 5) is 23.2. The Hall–Kier alpha value is -2.63. The minimum absolute atomic E-state index is 0.000329. The molecule has 0 atom stereocenters. The van der Waals surface area contributed by atoms with Gasteiger partial charge >= 0.3 is 0 Å². The highest BCUT2D eigenvalue weighted by molar-refractivity contribution is 5.94. The Morgan fingerprint density at radius 3 is 2.62 bits per heavy atom. The normalized spacial score (nSPS) is 15.1. The zero-order valence-electron chi connectivity index (χ0n) is 13.8. The van der Waals surface area contributed by atoms with Crippen LogP contribution in [0.5, 0.6) is 5.75 Å². The number of amides is 1. The Balaban J connectivity index is 1.58. The number of rotatable bonds is 5. The SMILES string of the molecule is CCOc1ccccc1NC(=O)C1CCN(c2ncccn2)CC1. The molecule has 0 bridgehead atoms. The minimum atomic E-state index is -0.000329. The highest BCUT2D eigenvalue weighted by atomic mass is 16.5. The Morgan fingerprint density at radius 1 is 1.21 bits per heavy atom. The summed E-state index contributed by atoms with van der Waals surface area (Å²) < 4.78 is 5.56. The van der Waals surface area contributed by atoms with E-state index in [2.05, 4.69) is 20.2 Å². The van der Waals surface area contributed by atoms with Gasteiger partial charge < -0.3 is 15.0 Å². The first-order valence-corrected chi connectivity index (χ1v) is 8.32. The summed E-state index contributed by atoms with van der Waals surface area (Å²) in [7, 11) is 0. The Labute approximate surface area is 141 Å². The van der Waals surface area contributed by atoms with Crippen molar-refractivity contribution in [3.8, 4) is 5.75 Å². The molecule has 0 unspecified atom stereocenters. The van der Waals surface area contributed by atoms with Gasteiger partial charge in [0.05, 0.1) is 12.3 Å². The molecule has 1 N–H and O–H groups in total. The third-order valence-corrected chi connectivity index (χ3v) is 4.15. The summed E-state index contributed by atoms with van der Waals surface area (Å²) in [5, 5.41) is 3.01. The van der Waals surface area contributed by atoms with Crippen molar-refractivity contribution in [2.45, 2.75) is 19.8 Å². The van der Waals surface area contributed by atoms with Crippen LogP contribution < -0.4 is 15.0 Å². The van der Waals surface area contributed by atoms with Gasteiger partial charge in [-0.15, -0.1) is 0 Å². The van der Waals surface area contributed by atoms with Crippen LogP contribution in [0.25, 0.3) is 0 Å². The lowest BCUT2D eigenvalue weighted by molar-refractivity contribution is -0.120. The second-order valence-electron chi connectivity index (χ2n) is 5.73. The third-order valence-electron chi connectivity index (χ3n) is 4.15. The number of hydrogen-bond acceptors (Lipinski definition) is 5. The average molecular weight is 326 g/mol. The van der Waals surface area contributed by atoms with E-state index in [-0.39, 0.29) is 11.8 Å². The van der Waals surface area contributed by atoms with Gasteiger partial charge in [-0.3, -0.25) is 4.79 Å². The first-order valence-electron chi connectivity index (χ1n) is 8.32. The fourth-order valence-corrected chi connectivity index (χ4v) is 2.88. The molecule has 0 spiro atoms. The molecule has 3 rings (SSSR count). The molecule has 1 saturated heterocycles. The van der Waals surface area contributed by atoms with Crippen LogP contribution in [0, 0.1) is 5.92 Å². The second-order valence-corrected chi connectivity index (χ2v) is 5.73. The van der Waals surface area contributed by atoms with Gasteiger partial charge in [-0.1, -0.05) is 12.1 Å². The maximum Gasteiger partial charge on any atom is 0.227 e. The largest absolute Gasteiger partial charge is 0.492 e. The average Bonchev–Trinajstić information content (AvgIpc) is 2.64. The highest BCUT2D eigenvalue weighted by Gasteiger charge is 2.26. The number of carbonyl (C=O) groups is 1. The van der Waals surface area contributed by atoms with Gasteiger partial charge in [0.2, 0.25) is 11.9 Å². The molecule has 0 aliphatic carbocycles. The molecule has 6 heteroatoms. The van der Waals surface area contributed by atoms with Gasteiger partial charge in [0.15, 0.2) is 0 Å². The maximum absolute atomic E-state index is 12.6. The van der Waals surface area contributed by atoms with Crippen LogP contribution in [0.3, 0.4) is 0 Å². The molecule has 2 aromatic rings. The summed E-state index contributed by atoms with van der Waals surface area (Å²) >= 11 is 0. The Morgan fingerprint density at radius 2 is 1.92 bits per heavy atom. The molecule has 1 aliphatic rings. The molecule has 1 aromatic heterocycles. The molecule has 1 fully saturated rings. The lowest BCUT2D eigenvalue weighted by Crippen LogP contribution is -2.39. The van der Waals surface area contributed by atoms with Crippen LogP contribution in [0.4, 0.5) is 11.6 Å². The van der Waals surface area contributed by atoms with Crippen molar-refractivity contribution in [1.29, 1.82) is 0 Å². The third kappa shape index (κ3) is 3.82. The first kappa shape index (κ1) is 16.2. The number of nitrogens with zero attached hydrogens (tertiary/aromatic N) is 3. The van der Waals surface area contributed by atoms with E-state index in [0.29, 0.717) is 12.4 Å². The monoisotopic (exact) mass is 326 g/mol. The number of aromatic nitrogens is 2. The first-order chi connectivity index (χ1) is 11.8.